The lowest BCUT2D eigenvalue weighted by molar-refractivity contribution is -0.118. The first kappa shape index (κ1) is 22.5. The van der Waals surface area contributed by atoms with Crippen LogP contribution in [0.5, 0.6) is 11.5 Å². The largest absolute Gasteiger partial charge is 0.493 e. The maximum Gasteiger partial charge on any atom is 0.218 e. The van der Waals surface area contributed by atoms with Crippen molar-refractivity contribution in [2.24, 2.45) is 5.73 Å². The van der Waals surface area contributed by atoms with E-state index in [9.17, 15) is 4.79 Å². The van der Waals surface area contributed by atoms with Gasteiger partial charge in [-0.05, 0) is 49.8 Å². The molecular weight excluding hydrogens is 402 g/mol. The van der Waals surface area contributed by atoms with Gasteiger partial charge in [0, 0.05) is 50.4 Å². The number of hydrogen-bond donors (Lipinski definition) is 1. The molecule has 1 aliphatic carbocycles. The monoisotopic (exact) mass is 437 g/mol. The maximum atomic E-state index is 11.4. The quantitative estimate of drug-likeness (QED) is 0.649. The summed E-state index contributed by atoms with van der Waals surface area (Å²) < 4.78 is 11.9. The van der Waals surface area contributed by atoms with Crippen LogP contribution in [0.15, 0.2) is 48.5 Å². The second-order valence-electron chi connectivity index (χ2n) is 8.90. The van der Waals surface area contributed by atoms with E-state index in [-0.39, 0.29) is 12.0 Å². The molecule has 2 aromatic carbocycles. The molecular formula is C26H35N3O3. The fourth-order valence-electron chi connectivity index (χ4n) is 4.90. The second kappa shape index (κ2) is 10.7. The summed E-state index contributed by atoms with van der Waals surface area (Å²) in [5.74, 6) is 1.39. The molecule has 172 valence electrons. The molecule has 6 nitrogen and oxygen atoms in total. The third-order valence-corrected chi connectivity index (χ3v) is 6.67. The lowest BCUT2D eigenvalue weighted by Gasteiger charge is -2.42. The molecule has 2 N–H and O–H groups in total. The summed E-state index contributed by atoms with van der Waals surface area (Å²) >= 11 is 0. The van der Waals surface area contributed by atoms with Crippen LogP contribution >= 0.6 is 0 Å². The maximum absolute atomic E-state index is 11.4. The van der Waals surface area contributed by atoms with Crippen molar-refractivity contribution in [3.8, 4) is 11.5 Å². The number of anilines is 1. The molecule has 1 atom stereocenters. The highest BCUT2D eigenvalue weighted by Crippen LogP contribution is 2.35. The Kier molecular flexibility index (Phi) is 7.53. The topological polar surface area (TPSA) is 68.0 Å². The number of carbonyl (C=O) groups excluding carboxylic acids is 1. The Hall–Kier alpha value is -2.73. The first-order valence-electron chi connectivity index (χ1n) is 11.8. The van der Waals surface area contributed by atoms with Gasteiger partial charge in [-0.15, -0.1) is 0 Å². The minimum absolute atomic E-state index is 0.241. The third kappa shape index (κ3) is 5.74. The number of amides is 1. The van der Waals surface area contributed by atoms with Gasteiger partial charge in [0.15, 0.2) is 11.5 Å². The van der Waals surface area contributed by atoms with Gasteiger partial charge in [0.05, 0.1) is 13.2 Å². The van der Waals surface area contributed by atoms with E-state index in [0.29, 0.717) is 19.0 Å². The Balaban J connectivity index is 1.51. The normalized spacial score (nSPS) is 19.8. The molecule has 0 bridgehead atoms. The molecule has 4 rings (SSSR count). The molecule has 2 fully saturated rings. The minimum Gasteiger partial charge on any atom is -0.493 e. The number of nitrogens with zero attached hydrogens (tertiary/aromatic N) is 2. The van der Waals surface area contributed by atoms with Gasteiger partial charge in [0.1, 0.15) is 0 Å². The van der Waals surface area contributed by atoms with E-state index in [1.54, 1.807) is 7.11 Å². The predicted octanol–water partition coefficient (Wildman–Crippen LogP) is 3.63. The highest BCUT2D eigenvalue weighted by molar-refractivity contribution is 5.73. The molecule has 1 aliphatic heterocycles. The van der Waals surface area contributed by atoms with E-state index in [2.05, 4.69) is 46.2 Å². The molecule has 2 aliphatic rings. The summed E-state index contributed by atoms with van der Waals surface area (Å²) in [7, 11) is 1.70. The van der Waals surface area contributed by atoms with Crippen molar-refractivity contribution in [1.29, 1.82) is 0 Å². The third-order valence-electron chi connectivity index (χ3n) is 6.67. The SMILES string of the molecule is COc1ccc(N2CCN(CCC(N)=O)[C@@H](Cc3ccccc3)C2)cc1OC1CCCC1. The van der Waals surface area contributed by atoms with Gasteiger partial charge < -0.3 is 20.1 Å². The number of hydrogen-bond acceptors (Lipinski definition) is 5. The Morgan fingerprint density at radius 1 is 1.06 bits per heavy atom. The van der Waals surface area contributed by atoms with E-state index in [1.807, 2.05) is 12.1 Å². The number of primary amides is 1. The van der Waals surface area contributed by atoms with Gasteiger partial charge in [-0.25, -0.2) is 0 Å². The van der Waals surface area contributed by atoms with Crippen molar-refractivity contribution in [3.63, 3.8) is 0 Å². The van der Waals surface area contributed by atoms with Gasteiger partial charge in [0.25, 0.3) is 0 Å². The van der Waals surface area contributed by atoms with Crippen LogP contribution in [0.3, 0.4) is 0 Å². The smallest absolute Gasteiger partial charge is 0.218 e. The van der Waals surface area contributed by atoms with Gasteiger partial charge in [-0.3, -0.25) is 9.69 Å². The molecule has 1 amide bonds. The zero-order chi connectivity index (χ0) is 22.3. The first-order valence-corrected chi connectivity index (χ1v) is 11.8. The van der Waals surface area contributed by atoms with E-state index in [1.165, 1.54) is 18.4 Å². The molecule has 0 unspecified atom stereocenters. The van der Waals surface area contributed by atoms with Crippen LogP contribution < -0.4 is 20.1 Å². The van der Waals surface area contributed by atoms with Crippen LogP contribution in [-0.2, 0) is 11.2 Å². The van der Waals surface area contributed by atoms with Gasteiger partial charge >= 0.3 is 0 Å². The van der Waals surface area contributed by atoms with Crippen LogP contribution in [0.4, 0.5) is 5.69 Å². The van der Waals surface area contributed by atoms with Crippen LogP contribution in [-0.4, -0.2) is 56.2 Å². The van der Waals surface area contributed by atoms with Crippen molar-refractivity contribution in [3.05, 3.63) is 54.1 Å². The molecule has 2 aromatic rings. The van der Waals surface area contributed by atoms with Crippen molar-refractivity contribution in [1.82, 2.24) is 4.90 Å². The molecule has 32 heavy (non-hydrogen) atoms. The summed E-state index contributed by atoms with van der Waals surface area (Å²) in [5.41, 5.74) is 7.90. The van der Waals surface area contributed by atoms with Crippen molar-refractivity contribution >= 4 is 11.6 Å². The number of methoxy groups -OCH3 is 1. The molecule has 0 radical (unpaired) electrons. The number of nitrogens with two attached hydrogens (primary N) is 1. The van der Waals surface area contributed by atoms with E-state index in [4.69, 9.17) is 15.2 Å². The average molecular weight is 438 g/mol. The van der Waals surface area contributed by atoms with Crippen LogP contribution in [0, 0.1) is 0 Å². The molecule has 1 heterocycles. The molecule has 0 aromatic heterocycles. The zero-order valence-electron chi connectivity index (χ0n) is 19.0. The van der Waals surface area contributed by atoms with Crippen LogP contribution in [0.1, 0.15) is 37.7 Å². The van der Waals surface area contributed by atoms with Gasteiger partial charge in [0.2, 0.25) is 5.91 Å². The Morgan fingerprint density at radius 2 is 1.84 bits per heavy atom. The Bertz CT molecular complexity index is 883. The van der Waals surface area contributed by atoms with Crippen molar-refractivity contribution < 1.29 is 14.3 Å². The number of benzene rings is 2. The molecule has 6 heteroatoms. The standard InChI is InChI=1S/C26H35N3O3/c1-31-24-12-11-21(18-25(24)32-23-9-5-6-10-23)29-16-15-28(14-13-26(27)30)22(19-29)17-20-7-3-2-4-8-20/h2-4,7-8,11-12,18,22-23H,5-6,9-10,13-17,19H2,1H3,(H2,27,30)/t22-/m0/s1. The summed E-state index contributed by atoms with van der Waals surface area (Å²) in [6, 6.07) is 17.1. The number of piperazine rings is 1. The number of carbonyl (C=O) groups is 1. The zero-order valence-corrected chi connectivity index (χ0v) is 19.0. The molecule has 1 saturated heterocycles. The minimum atomic E-state index is -0.241. The van der Waals surface area contributed by atoms with Crippen LogP contribution in [0.2, 0.25) is 0 Å². The second-order valence-corrected chi connectivity index (χ2v) is 8.90. The summed E-state index contributed by atoms with van der Waals surface area (Å²) in [6.45, 7) is 3.40. The average Bonchev–Trinajstić information content (AvgIpc) is 3.32. The predicted molar refractivity (Wildman–Crippen MR) is 127 cm³/mol. The molecule has 1 saturated carbocycles. The molecule has 0 spiro atoms. The van der Waals surface area contributed by atoms with Crippen molar-refractivity contribution in [2.75, 3.05) is 38.2 Å². The van der Waals surface area contributed by atoms with Gasteiger partial charge in [-0.1, -0.05) is 30.3 Å². The summed E-state index contributed by atoms with van der Waals surface area (Å²) in [4.78, 5) is 16.2. The fourth-order valence-corrected chi connectivity index (χ4v) is 4.90. The van der Waals surface area contributed by atoms with E-state index >= 15 is 0 Å². The fraction of sp³-hybridized carbons (Fsp3) is 0.500. The Labute approximate surface area is 191 Å². The number of rotatable bonds is 9. The lowest BCUT2D eigenvalue weighted by Crippen LogP contribution is -2.54. The van der Waals surface area contributed by atoms with Crippen LogP contribution in [0.25, 0.3) is 0 Å². The van der Waals surface area contributed by atoms with Gasteiger partial charge in [-0.2, -0.15) is 0 Å². The van der Waals surface area contributed by atoms with E-state index < -0.39 is 0 Å². The highest BCUT2D eigenvalue weighted by atomic mass is 16.5. The number of ether oxygens (including phenoxy) is 2. The summed E-state index contributed by atoms with van der Waals surface area (Å²) in [5, 5.41) is 0. The highest BCUT2D eigenvalue weighted by Gasteiger charge is 2.28. The Morgan fingerprint density at radius 3 is 2.56 bits per heavy atom. The van der Waals surface area contributed by atoms with Crippen molar-refractivity contribution in [2.45, 2.75) is 50.7 Å². The van der Waals surface area contributed by atoms with E-state index in [0.717, 1.165) is 56.1 Å². The lowest BCUT2D eigenvalue weighted by atomic mass is 10.0. The summed E-state index contributed by atoms with van der Waals surface area (Å²) in [6.07, 6.45) is 6.33. The first-order chi connectivity index (χ1) is 15.6.